The highest BCUT2D eigenvalue weighted by Gasteiger charge is 2.28. The molecule has 6 heteroatoms. The molecule has 0 aromatic heterocycles. The first-order chi connectivity index (χ1) is 11.5. The smallest absolute Gasteiger partial charge is 0.235 e. The van der Waals surface area contributed by atoms with Gasteiger partial charge in [0.1, 0.15) is 0 Å². The van der Waals surface area contributed by atoms with Crippen LogP contribution in [0.25, 0.3) is 0 Å². The third-order valence-electron chi connectivity index (χ3n) is 5.27. The Hall–Kier alpha value is -1.56. The highest BCUT2D eigenvalue weighted by atomic mass is 32.2. The van der Waals surface area contributed by atoms with Crippen LogP contribution in [0.15, 0.2) is 24.3 Å². The van der Waals surface area contributed by atoms with Crippen molar-refractivity contribution in [2.24, 2.45) is 11.8 Å². The summed E-state index contributed by atoms with van der Waals surface area (Å²) in [6.07, 6.45) is 6.26. The highest BCUT2D eigenvalue weighted by Crippen LogP contribution is 2.32. The molecule has 132 valence electrons. The molecule has 1 unspecified atom stereocenters. The molecule has 1 heterocycles. The molecule has 1 saturated carbocycles. The lowest BCUT2D eigenvalue weighted by Gasteiger charge is -2.28. The predicted octanol–water partition coefficient (Wildman–Crippen LogP) is 3.38. The van der Waals surface area contributed by atoms with Crippen LogP contribution in [0.5, 0.6) is 0 Å². The lowest BCUT2D eigenvalue weighted by atomic mass is 9.92. The molecular formula is C18H26N2O3S. The summed E-state index contributed by atoms with van der Waals surface area (Å²) < 4.78 is 25.9. The fraction of sp³-hybridized carbons (Fsp3) is 0.611. The van der Waals surface area contributed by atoms with Gasteiger partial charge in [0.2, 0.25) is 15.9 Å². The molecule has 3 rings (SSSR count). The van der Waals surface area contributed by atoms with Crippen molar-refractivity contribution < 1.29 is 13.2 Å². The number of carbonyl (C=O) groups is 1. The van der Waals surface area contributed by atoms with Crippen LogP contribution in [0.2, 0.25) is 0 Å². The van der Waals surface area contributed by atoms with Crippen molar-refractivity contribution in [3.05, 3.63) is 24.3 Å². The molecule has 2 fully saturated rings. The quantitative estimate of drug-likeness (QED) is 0.905. The van der Waals surface area contributed by atoms with Gasteiger partial charge in [-0.05, 0) is 49.8 Å². The number of rotatable bonds is 4. The van der Waals surface area contributed by atoms with Gasteiger partial charge in [-0.1, -0.05) is 25.8 Å². The number of benzene rings is 1. The zero-order valence-corrected chi connectivity index (χ0v) is 15.0. The Labute approximate surface area is 144 Å². The number of amides is 1. The second-order valence-electron chi connectivity index (χ2n) is 6.97. The molecule has 1 saturated heterocycles. The summed E-state index contributed by atoms with van der Waals surface area (Å²) in [5, 5.41) is 2.96. The summed E-state index contributed by atoms with van der Waals surface area (Å²) in [5.41, 5.74) is 1.31. The molecular weight excluding hydrogens is 324 g/mol. The van der Waals surface area contributed by atoms with E-state index in [0.717, 1.165) is 19.3 Å². The number of nitrogens with zero attached hydrogens (tertiary/aromatic N) is 1. The second kappa shape index (κ2) is 7.13. The van der Waals surface area contributed by atoms with Gasteiger partial charge in [0.25, 0.3) is 0 Å². The molecule has 24 heavy (non-hydrogen) atoms. The van der Waals surface area contributed by atoms with Gasteiger partial charge in [0, 0.05) is 18.2 Å². The normalized spacial score (nSPS) is 22.3. The average Bonchev–Trinajstić information content (AvgIpc) is 3.08. The van der Waals surface area contributed by atoms with Gasteiger partial charge in [-0.3, -0.25) is 9.10 Å². The summed E-state index contributed by atoms with van der Waals surface area (Å²) in [7, 11) is -3.23. The molecule has 0 radical (unpaired) electrons. The lowest BCUT2D eigenvalue weighted by molar-refractivity contribution is -0.120. The Morgan fingerprint density at radius 3 is 2.67 bits per heavy atom. The van der Waals surface area contributed by atoms with Crippen molar-refractivity contribution in [2.75, 3.05) is 21.9 Å². The van der Waals surface area contributed by atoms with E-state index in [-0.39, 0.29) is 17.6 Å². The minimum absolute atomic E-state index is 0.00474. The number of sulfonamides is 1. The van der Waals surface area contributed by atoms with Crippen molar-refractivity contribution in [1.29, 1.82) is 0 Å². The lowest BCUT2D eigenvalue weighted by Crippen LogP contribution is -2.37. The van der Waals surface area contributed by atoms with Crippen LogP contribution in [-0.2, 0) is 14.8 Å². The topological polar surface area (TPSA) is 66.5 Å². The summed E-state index contributed by atoms with van der Waals surface area (Å²) in [6, 6.07) is 7.18. The summed E-state index contributed by atoms with van der Waals surface area (Å²) in [4.78, 5) is 12.5. The molecule has 1 aliphatic carbocycles. The third-order valence-corrected chi connectivity index (χ3v) is 7.14. The van der Waals surface area contributed by atoms with Gasteiger partial charge < -0.3 is 5.32 Å². The Kier molecular flexibility index (Phi) is 5.13. The molecule has 0 bridgehead atoms. The fourth-order valence-electron chi connectivity index (χ4n) is 3.75. The molecule has 1 amide bonds. The Morgan fingerprint density at radius 1 is 1.21 bits per heavy atom. The fourth-order valence-corrected chi connectivity index (χ4v) is 5.38. The van der Waals surface area contributed by atoms with Crippen molar-refractivity contribution >= 4 is 27.3 Å². The standard InChI is InChI=1S/C18H26N2O3S/c1-14(15-7-2-3-8-15)18(21)19-16-9-6-10-17(13-16)20-11-4-5-12-24(20,22)23/h6,9-10,13-15H,2-5,7-8,11-12H2,1H3,(H,19,21). The van der Waals surface area contributed by atoms with Crippen LogP contribution in [0.1, 0.15) is 45.4 Å². The van der Waals surface area contributed by atoms with E-state index in [2.05, 4.69) is 5.32 Å². The average molecular weight is 350 g/mol. The number of hydrogen-bond acceptors (Lipinski definition) is 3. The monoisotopic (exact) mass is 350 g/mol. The van der Waals surface area contributed by atoms with Crippen molar-refractivity contribution in [3.63, 3.8) is 0 Å². The first-order valence-electron chi connectivity index (χ1n) is 8.89. The molecule has 1 aromatic carbocycles. The Balaban J connectivity index is 1.72. The zero-order valence-electron chi connectivity index (χ0n) is 14.2. The van der Waals surface area contributed by atoms with E-state index in [1.54, 1.807) is 18.2 Å². The molecule has 1 atom stereocenters. The number of carbonyl (C=O) groups excluding carboxylic acids is 1. The maximum atomic E-state index is 12.5. The van der Waals surface area contributed by atoms with Crippen LogP contribution in [0.3, 0.4) is 0 Å². The maximum Gasteiger partial charge on any atom is 0.235 e. The SMILES string of the molecule is CC(C(=O)Nc1cccc(N2CCCCS2(=O)=O)c1)C1CCCC1. The van der Waals surface area contributed by atoms with E-state index < -0.39 is 10.0 Å². The summed E-state index contributed by atoms with van der Waals surface area (Å²) in [5.74, 6) is 0.688. The molecule has 1 aliphatic heterocycles. The summed E-state index contributed by atoms with van der Waals surface area (Å²) in [6.45, 7) is 2.50. The van der Waals surface area contributed by atoms with E-state index in [0.29, 0.717) is 30.3 Å². The number of nitrogens with one attached hydrogen (secondary N) is 1. The van der Waals surface area contributed by atoms with E-state index in [9.17, 15) is 13.2 Å². The minimum atomic E-state index is -3.23. The van der Waals surface area contributed by atoms with E-state index >= 15 is 0 Å². The van der Waals surface area contributed by atoms with Crippen LogP contribution >= 0.6 is 0 Å². The molecule has 1 aromatic rings. The van der Waals surface area contributed by atoms with Gasteiger partial charge in [0.05, 0.1) is 11.4 Å². The van der Waals surface area contributed by atoms with Crippen LogP contribution < -0.4 is 9.62 Å². The second-order valence-corrected chi connectivity index (χ2v) is 8.98. The molecule has 5 nitrogen and oxygen atoms in total. The van der Waals surface area contributed by atoms with E-state index in [1.807, 2.05) is 13.0 Å². The van der Waals surface area contributed by atoms with Gasteiger partial charge in [-0.2, -0.15) is 0 Å². The maximum absolute atomic E-state index is 12.5. The third kappa shape index (κ3) is 3.74. The molecule has 0 spiro atoms. The first-order valence-corrected chi connectivity index (χ1v) is 10.5. The van der Waals surface area contributed by atoms with Gasteiger partial charge >= 0.3 is 0 Å². The van der Waals surface area contributed by atoms with E-state index in [4.69, 9.17) is 0 Å². The molecule has 2 aliphatic rings. The van der Waals surface area contributed by atoms with Crippen LogP contribution in [-0.4, -0.2) is 26.6 Å². The first kappa shape index (κ1) is 17.3. The number of hydrogen-bond donors (Lipinski definition) is 1. The van der Waals surface area contributed by atoms with E-state index in [1.165, 1.54) is 17.1 Å². The Morgan fingerprint density at radius 2 is 1.96 bits per heavy atom. The van der Waals surface area contributed by atoms with Gasteiger partial charge in [-0.25, -0.2) is 8.42 Å². The van der Waals surface area contributed by atoms with Gasteiger partial charge in [0.15, 0.2) is 0 Å². The zero-order chi connectivity index (χ0) is 17.2. The number of anilines is 2. The van der Waals surface area contributed by atoms with Gasteiger partial charge in [-0.15, -0.1) is 0 Å². The summed E-state index contributed by atoms with van der Waals surface area (Å²) >= 11 is 0. The van der Waals surface area contributed by atoms with Crippen molar-refractivity contribution in [2.45, 2.75) is 45.4 Å². The minimum Gasteiger partial charge on any atom is -0.326 e. The molecule has 1 N–H and O–H groups in total. The van der Waals surface area contributed by atoms with Crippen LogP contribution in [0.4, 0.5) is 11.4 Å². The Bertz CT molecular complexity index is 696. The van der Waals surface area contributed by atoms with Crippen LogP contribution in [0, 0.1) is 11.8 Å². The van der Waals surface area contributed by atoms with Crippen molar-refractivity contribution in [3.8, 4) is 0 Å². The highest BCUT2D eigenvalue weighted by molar-refractivity contribution is 7.92. The largest absolute Gasteiger partial charge is 0.326 e. The predicted molar refractivity (Wildman–Crippen MR) is 96.6 cm³/mol. The van der Waals surface area contributed by atoms with Crippen molar-refractivity contribution in [1.82, 2.24) is 0 Å².